The summed E-state index contributed by atoms with van der Waals surface area (Å²) in [7, 11) is 0. The number of hydrogen-bond acceptors (Lipinski definition) is 3. The fraction of sp³-hybridized carbons (Fsp3) is 0.538. The smallest absolute Gasteiger partial charge is 0.227 e. The monoisotopic (exact) mass is 233 g/mol. The molecule has 0 bridgehead atoms. The molecule has 4 heteroatoms. The van der Waals surface area contributed by atoms with Crippen LogP contribution in [0.5, 0.6) is 0 Å². The van der Waals surface area contributed by atoms with Crippen LogP contribution >= 0.6 is 0 Å². The normalized spacial score (nSPS) is 17.9. The molecule has 1 heterocycles. The van der Waals surface area contributed by atoms with Gasteiger partial charge in [-0.05, 0) is 30.5 Å². The van der Waals surface area contributed by atoms with Crippen molar-refractivity contribution in [2.75, 3.05) is 6.54 Å². The average molecular weight is 233 g/mol. The SMILES string of the molecule is NCC1(C(=O)NCc2ccncc2)CCCC1. The summed E-state index contributed by atoms with van der Waals surface area (Å²) < 4.78 is 0. The second-order valence-electron chi connectivity index (χ2n) is 4.73. The summed E-state index contributed by atoms with van der Waals surface area (Å²) in [6, 6.07) is 3.81. The van der Waals surface area contributed by atoms with E-state index >= 15 is 0 Å². The highest BCUT2D eigenvalue weighted by molar-refractivity contribution is 5.83. The quantitative estimate of drug-likeness (QED) is 0.821. The average Bonchev–Trinajstić information content (AvgIpc) is 2.87. The van der Waals surface area contributed by atoms with Gasteiger partial charge < -0.3 is 11.1 Å². The summed E-state index contributed by atoms with van der Waals surface area (Å²) in [6.07, 6.45) is 7.53. The van der Waals surface area contributed by atoms with Crippen LogP contribution < -0.4 is 11.1 Å². The van der Waals surface area contributed by atoms with Gasteiger partial charge in [0.15, 0.2) is 0 Å². The van der Waals surface area contributed by atoms with Gasteiger partial charge in [0.1, 0.15) is 0 Å². The Kier molecular flexibility index (Phi) is 3.74. The molecular weight excluding hydrogens is 214 g/mol. The van der Waals surface area contributed by atoms with Crippen LogP contribution in [-0.4, -0.2) is 17.4 Å². The third-order valence-electron chi connectivity index (χ3n) is 3.64. The Morgan fingerprint density at radius 1 is 1.35 bits per heavy atom. The first-order chi connectivity index (χ1) is 8.27. The lowest BCUT2D eigenvalue weighted by Crippen LogP contribution is -2.43. The maximum absolute atomic E-state index is 12.2. The first kappa shape index (κ1) is 12.0. The van der Waals surface area contributed by atoms with Crippen molar-refractivity contribution in [2.45, 2.75) is 32.2 Å². The van der Waals surface area contributed by atoms with Crippen LogP contribution in [0.15, 0.2) is 24.5 Å². The number of carbonyl (C=O) groups is 1. The lowest BCUT2D eigenvalue weighted by atomic mass is 9.85. The molecule has 0 saturated heterocycles. The van der Waals surface area contributed by atoms with Crippen LogP contribution in [0.2, 0.25) is 0 Å². The third kappa shape index (κ3) is 2.64. The van der Waals surface area contributed by atoms with Gasteiger partial charge in [-0.1, -0.05) is 12.8 Å². The van der Waals surface area contributed by atoms with Crippen molar-refractivity contribution in [1.29, 1.82) is 0 Å². The maximum atomic E-state index is 12.2. The van der Waals surface area contributed by atoms with Gasteiger partial charge >= 0.3 is 0 Å². The molecule has 0 atom stereocenters. The Morgan fingerprint density at radius 3 is 2.59 bits per heavy atom. The molecule has 0 aliphatic heterocycles. The number of nitrogens with two attached hydrogens (primary N) is 1. The maximum Gasteiger partial charge on any atom is 0.227 e. The van der Waals surface area contributed by atoms with Gasteiger partial charge in [0.05, 0.1) is 5.41 Å². The van der Waals surface area contributed by atoms with E-state index in [1.807, 2.05) is 12.1 Å². The molecule has 0 unspecified atom stereocenters. The number of pyridine rings is 1. The van der Waals surface area contributed by atoms with Crippen LogP contribution in [0.1, 0.15) is 31.2 Å². The predicted molar refractivity (Wildman–Crippen MR) is 66.0 cm³/mol. The molecule has 1 aliphatic carbocycles. The van der Waals surface area contributed by atoms with Crippen LogP contribution in [0.3, 0.4) is 0 Å². The predicted octanol–water partition coefficient (Wildman–Crippen LogP) is 1.22. The minimum Gasteiger partial charge on any atom is -0.352 e. The van der Waals surface area contributed by atoms with E-state index in [1.54, 1.807) is 12.4 Å². The van der Waals surface area contributed by atoms with Crippen molar-refractivity contribution in [3.8, 4) is 0 Å². The van der Waals surface area contributed by atoms with Crippen molar-refractivity contribution in [3.63, 3.8) is 0 Å². The van der Waals surface area contributed by atoms with Crippen molar-refractivity contribution >= 4 is 5.91 Å². The minimum atomic E-state index is -0.312. The summed E-state index contributed by atoms with van der Waals surface area (Å²) >= 11 is 0. The molecule has 3 N–H and O–H groups in total. The molecule has 2 rings (SSSR count). The molecule has 1 amide bonds. The second kappa shape index (κ2) is 5.27. The Morgan fingerprint density at radius 2 is 2.00 bits per heavy atom. The third-order valence-corrected chi connectivity index (χ3v) is 3.64. The van der Waals surface area contributed by atoms with E-state index in [9.17, 15) is 4.79 Å². The number of nitrogens with zero attached hydrogens (tertiary/aromatic N) is 1. The van der Waals surface area contributed by atoms with Gasteiger partial charge in [-0.25, -0.2) is 0 Å². The van der Waals surface area contributed by atoms with Gasteiger partial charge in [0.2, 0.25) is 5.91 Å². The number of rotatable bonds is 4. The Balaban J connectivity index is 1.93. The number of amides is 1. The zero-order chi connectivity index (χ0) is 12.1. The fourth-order valence-corrected chi connectivity index (χ4v) is 2.45. The highest BCUT2D eigenvalue weighted by atomic mass is 16.2. The molecule has 0 aromatic carbocycles. The lowest BCUT2D eigenvalue weighted by molar-refractivity contribution is -0.130. The van der Waals surface area contributed by atoms with Gasteiger partial charge in [0.25, 0.3) is 0 Å². The summed E-state index contributed by atoms with van der Waals surface area (Å²) in [5.41, 5.74) is 6.52. The minimum absolute atomic E-state index is 0.106. The van der Waals surface area contributed by atoms with E-state index < -0.39 is 0 Å². The van der Waals surface area contributed by atoms with Crippen molar-refractivity contribution < 1.29 is 4.79 Å². The molecule has 1 saturated carbocycles. The summed E-state index contributed by atoms with van der Waals surface area (Å²) in [5, 5.41) is 2.99. The van der Waals surface area contributed by atoms with E-state index in [0.29, 0.717) is 13.1 Å². The van der Waals surface area contributed by atoms with E-state index in [-0.39, 0.29) is 11.3 Å². The van der Waals surface area contributed by atoms with E-state index in [1.165, 1.54) is 0 Å². The van der Waals surface area contributed by atoms with E-state index in [0.717, 1.165) is 31.2 Å². The molecule has 1 fully saturated rings. The number of carbonyl (C=O) groups excluding carboxylic acids is 1. The molecule has 0 radical (unpaired) electrons. The number of aromatic nitrogens is 1. The Hall–Kier alpha value is -1.42. The van der Waals surface area contributed by atoms with Crippen LogP contribution in [-0.2, 0) is 11.3 Å². The number of nitrogens with one attached hydrogen (secondary N) is 1. The van der Waals surface area contributed by atoms with Crippen LogP contribution in [0.4, 0.5) is 0 Å². The fourth-order valence-electron chi connectivity index (χ4n) is 2.45. The molecule has 92 valence electrons. The standard InChI is InChI=1S/C13H19N3O/c14-10-13(5-1-2-6-13)12(17)16-9-11-3-7-15-8-4-11/h3-4,7-8H,1-2,5-6,9-10,14H2,(H,16,17). The molecule has 1 aliphatic rings. The molecule has 17 heavy (non-hydrogen) atoms. The van der Waals surface area contributed by atoms with Crippen molar-refractivity contribution in [2.24, 2.45) is 11.1 Å². The molecule has 4 nitrogen and oxygen atoms in total. The Bertz CT molecular complexity index is 372. The Labute approximate surface area is 102 Å². The lowest BCUT2D eigenvalue weighted by Gasteiger charge is -2.25. The zero-order valence-corrected chi connectivity index (χ0v) is 9.98. The summed E-state index contributed by atoms with van der Waals surface area (Å²) in [6.45, 7) is 1.01. The highest BCUT2D eigenvalue weighted by Crippen LogP contribution is 2.37. The molecular formula is C13H19N3O. The van der Waals surface area contributed by atoms with Crippen molar-refractivity contribution in [3.05, 3.63) is 30.1 Å². The first-order valence-corrected chi connectivity index (χ1v) is 6.14. The van der Waals surface area contributed by atoms with Crippen molar-refractivity contribution in [1.82, 2.24) is 10.3 Å². The van der Waals surface area contributed by atoms with E-state index in [4.69, 9.17) is 5.73 Å². The van der Waals surface area contributed by atoms with Gasteiger partial charge in [-0.15, -0.1) is 0 Å². The van der Waals surface area contributed by atoms with Gasteiger partial charge in [-0.2, -0.15) is 0 Å². The van der Waals surface area contributed by atoms with Gasteiger partial charge in [0, 0.05) is 25.5 Å². The van der Waals surface area contributed by atoms with Crippen LogP contribution in [0.25, 0.3) is 0 Å². The van der Waals surface area contributed by atoms with E-state index in [2.05, 4.69) is 10.3 Å². The zero-order valence-electron chi connectivity index (χ0n) is 9.98. The molecule has 0 spiro atoms. The first-order valence-electron chi connectivity index (χ1n) is 6.14. The van der Waals surface area contributed by atoms with Gasteiger partial charge in [-0.3, -0.25) is 9.78 Å². The largest absolute Gasteiger partial charge is 0.352 e. The highest BCUT2D eigenvalue weighted by Gasteiger charge is 2.39. The summed E-state index contributed by atoms with van der Waals surface area (Å²) in [4.78, 5) is 16.1. The summed E-state index contributed by atoms with van der Waals surface area (Å²) in [5.74, 6) is 0.106. The second-order valence-corrected chi connectivity index (χ2v) is 4.73. The topological polar surface area (TPSA) is 68.0 Å². The van der Waals surface area contributed by atoms with Crippen LogP contribution in [0, 0.1) is 5.41 Å². The number of hydrogen-bond donors (Lipinski definition) is 2. The molecule has 1 aromatic rings. The molecule has 1 aromatic heterocycles.